The summed E-state index contributed by atoms with van der Waals surface area (Å²) in [6.07, 6.45) is 0. The summed E-state index contributed by atoms with van der Waals surface area (Å²) in [5.41, 5.74) is 7.96. The molecule has 0 heterocycles. The van der Waals surface area contributed by atoms with Crippen molar-refractivity contribution >= 4 is 22.1 Å². The summed E-state index contributed by atoms with van der Waals surface area (Å²) in [4.78, 5) is 10.7. The highest BCUT2D eigenvalue weighted by Crippen LogP contribution is 2.33. The Morgan fingerprint density at radius 3 is 2.35 bits per heavy atom. The van der Waals surface area contributed by atoms with Crippen LogP contribution >= 0.6 is 0 Å². The van der Waals surface area contributed by atoms with Crippen molar-refractivity contribution in [3.63, 3.8) is 0 Å². The van der Waals surface area contributed by atoms with Gasteiger partial charge < -0.3 is 5.73 Å². The van der Waals surface area contributed by atoms with E-state index in [0.717, 1.165) is 16.5 Å². The van der Waals surface area contributed by atoms with Crippen molar-refractivity contribution in [3.8, 4) is 11.1 Å². The Balaban J connectivity index is 2.24. The molecule has 0 amide bonds. The van der Waals surface area contributed by atoms with E-state index in [9.17, 15) is 10.1 Å². The average molecular weight is 264 g/mol. The van der Waals surface area contributed by atoms with E-state index in [1.807, 2.05) is 48.5 Å². The van der Waals surface area contributed by atoms with E-state index < -0.39 is 4.92 Å². The first-order valence-corrected chi connectivity index (χ1v) is 6.19. The topological polar surface area (TPSA) is 69.2 Å². The highest BCUT2D eigenvalue weighted by molar-refractivity contribution is 5.98. The summed E-state index contributed by atoms with van der Waals surface area (Å²) in [5.74, 6) is 0. The third-order valence-corrected chi connectivity index (χ3v) is 3.31. The molecule has 0 fully saturated rings. The minimum absolute atomic E-state index is 0.0258. The molecule has 98 valence electrons. The first-order chi connectivity index (χ1) is 9.66. The molecule has 3 aromatic carbocycles. The van der Waals surface area contributed by atoms with Crippen molar-refractivity contribution in [3.05, 3.63) is 70.8 Å². The molecule has 0 radical (unpaired) electrons. The van der Waals surface area contributed by atoms with E-state index in [4.69, 9.17) is 5.73 Å². The molecule has 3 aromatic rings. The third-order valence-electron chi connectivity index (χ3n) is 3.31. The van der Waals surface area contributed by atoms with Gasteiger partial charge in [-0.1, -0.05) is 42.5 Å². The average Bonchev–Trinajstić information content (AvgIpc) is 2.47. The van der Waals surface area contributed by atoms with Crippen molar-refractivity contribution in [1.29, 1.82) is 0 Å². The quantitative estimate of drug-likeness (QED) is 0.432. The van der Waals surface area contributed by atoms with Crippen molar-refractivity contribution < 1.29 is 4.92 Å². The van der Waals surface area contributed by atoms with Crippen molar-refractivity contribution in [1.82, 2.24) is 0 Å². The lowest BCUT2D eigenvalue weighted by Crippen LogP contribution is -1.96. The van der Waals surface area contributed by atoms with E-state index in [0.29, 0.717) is 5.39 Å². The van der Waals surface area contributed by atoms with Crippen molar-refractivity contribution in [2.75, 3.05) is 5.73 Å². The minimum Gasteiger partial charge on any atom is -0.393 e. The van der Waals surface area contributed by atoms with E-state index in [2.05, 4.69) is 0 Å². The maximum Gasteiger partial charge on any atom is 0.299 e. The molecule has 0 atom stereocenters. The Hall–Kier alpha value is -2.88. The van der Waals surface area contributed by atoms with E-state index >= 15 is 0 Å². The zero-order valence-corrected chi connectivity index (χ0v) is 10.6. The summed E-state index contributed by atoms with van der Waals surface area (Å²) >= 11 is 0. The lowest BCUT2D eigenvalue weighted by molar-refractivity contribution is -0.382. The molecular weight excluding hydrogens is 252 g/mol. The minimum atomic E-state index is -0.431. The predicted octanol–water partition coefficient (Wildman–Crippen LogP) is 4.00. The highest BCUT2D eigenvalue weighted by atomic mass is 16.6. The fourth-order valence-corrected chi connectivity index (χ4v) is 2.34. The number of hydrogen-bond acceptors (Lipinski definition) is 3. The summed E-state index contributed by atoms with van der Waals surface area (Å²) in [6, 6.07) is 18.9. The van der Waals surface area contributed by atoms with E-state index in [-0.39, 0.29) is 11.4 Å². The number of hydrogen-bond donors (Lipinski definition) is 1. The fourth-order valence-electron chi connectivity index (χ4n) is 2.34. The number of fused-ring (bicyclic) bond motifs is 1. The second kappa shape index (κ2) is 4.66. The Labute approximate surface area is 115 Å². The second-order valence-electron chi connectivity index (χ2n) is 4.56. The molecule has 0 aliphatic rings. The van der Waals surface area contributed by atoms with Crippen LogP contribution in [0.3, 0.4) is 0 Å². The molecule has 0 bridgehead atoms. The lowest BCUT2D eigenvalue weighted by Gasteiger charge is -2.06. The first kappa shape index (κ1) is 12.2. The summed E-state index contributed by atoms with van der Waals surface area (Å²) < 4.78 is 0. The van der Waals surface area contributed by atoms with Crippen LogP contribution in [0.5, 0.6) is 0 Å². The number of benzene rings is 3. The second-order valence-corrected chi connectivity index (χ2v) is 4.56. The van der Waals surface area contributed by atoms with Gasteiger partial charge >= 0.3 is 0 Å². The molecule has 4 heteroatoms. The SMILES string of the molecule is Nc1ccc2cc(-c3ccccc3)ccc2c1[N+](=O)[O-]. The summed E-state index contributed by atoms with van der Waals surface area (Å²) in [5, 5.41) is 12.5. The Morgan fingerprint density at radius 1 is 0.900 bits per heavy atom. The first-order valence-electron chi connectivity index (χ1n) is 6.19. The van der Waals surface area contributed by atoms with Crippen molar-refractivity contribution in [2.45, 2.75) is 0 Å². The molecule has 4 nitrogen and oxygen atoms in total. The van der Waals surface area contributed by atoms with Gasteiger partial charge in [-0.2, -0.15) is 0 Å². The molecule has 20 heavy (non-hydrogen) atoms. The molecule has 0 unspecified atom stereocenters. The number of nitro groups is 1. The number of nitro benzene ring substituents is 1. The molecule has 0 aliphatic carbocycles. The Bertz CT molecular complexity index is 798. The third kappa shape index (κ3) is 1.97. The fraction of sp³-hybridized carbons (Fsp3) is 0. The largest absolute Gasteiger partial charge is 0.393 e. The van der Waals surface area contributed by atoms with Gasteiger partial charge in [0.2, 0.25) is 0 Å². The molecule has 0 aromatic heterocycles. The van der Waals surface area contributed by atoms with Crippen LogP contribution in [0.2, 0.25) is 0 Å². The smallest absolute Gasteiger partial charge is 0.299 e. The van der Waals surface area contributed by atoms with E-state index in [1.54, 1.807) is 12.1 Å². The maximum atomic E-state index is 11.1. The summed E-state index contributed by atoms with van der Waals surface area (Å²) in [7, 11) is 0. The number of rotatable bonds is 2. The van der Waals surface area contributed by atoms with Crippen LogP contribution in [0.4, 0.5) is 11.4 Å². The molecule has 0 aliphatic heterocycles. The molecule has 3 rings (SSSR count). The van der Waals surface area contributed by atoms with Gasteiger partial charge in [-0.25, -0.2) is 0 Å². The molecular formula is C16H12N2O2. The molecule has 2 N–H and O–H groups in total. The lowest BCUT2D eigenvalue weighted by atomic mass is 10.00. The maximum absolute atomic E-state index is 11.1. The van der Waals surface area contributed by atoms with Gasteiger partial charge in [-0.15, -0.1) is 0 Å². The van der Waals surface area contributed by atoms with Gasteiger partial charge in [-0.3, -0.25) is 10.1 Å². The van der Waals surface area contributed by atoms with Crippen LogP contribution in [0, 0.1) is 10.1 Å². The molecule has 0 saturated heterocycles. The number of anilines is 1. The number of nitrogen functional groups attached to an aromatic ring is 1. The molecule has 0 saturated carbocycles. The molecule has 0 spiro atoms. The highest BCUT2D eigenvalue weighted by Gasteiger charge is 2.16. The van der Waals surface area contributed by atoms with Gasteiger partial charge in [0.1, 0.15) is 5.69 Å². The number of nitrogens with zero attached hydrogens (tertiary/aromatic N) is 1. The Morgan fingerprint density at radius 2 is 1.65 bits per heavy atom. The van der Waals surface area contributed by atoms with Gasteiger partial charge in [-0.05, 0) is 34.7 Å². The standard InChI is InChI=1S/C16H12N2O2/c17-15-9-7-13-10-12(11-4-2-1-3-5-11)6-8-14(13)16(15)18(19)20/h1-10H,17H2. The van der Waals surface area contributed by atoms with Crippen molar-refractivity contribution in [2.24, 2.45) is 0 Å². The van der Waals surface area contributed by atoms with Crippen LogP contribution in [0.15, 0.2) is 60.7 Å². The summed E-state index contributed by atoms with van der Waals surface area (Å²) in [6.45, 7) is 0. The van der Waals surface area contributed by atoms with Gasteiger partial charge in [0.25, 0.3) is 5.69 Å². The van der Waals surface area contributed by atoms with Crippen LogP contribution in [-0.4, -0.2) is 4.92 Å². The monoisotopic (exact) mass is 264 g/mol. The zero-order valence-electron chi connectivity index (χ0n) is 10.6. The van der Waals surface area contributed by atoms with Gasteiger partial charge in [0, 0.05) is 0 Å². The number of nitrogens with two attached hydrogens (primary N) is 1. The van der Waals surface area contributed by atoms with Crippen LogP contribution in [0.25, 0.3) is 21.9 Å². The normalized spacial score (nSPS) is 10.6. The van der Waals surface area contributed by atoms with Crippen LogP contribution in [-0.2, 0) is 0 Å². The van der Waals surface area contributed by atoms with Gasteiger partial charge in [0.15, 0.2) is 0 Å². The van der Waals surface area contributed by atoms with Crippen LogP contribution < -0.4 is 5.73 Å². The van der Waals surface area contributed by atoms with E-state index in [1.165, 1.54) is 0 Å². The van der Waals surface area contributed by atoms with Gasteiger partial charge in [0.05, 0.1) is 10.3 Å². The van der Waals surface area contributed by atoms with Crippen LogP contribution in [0.1, 0.15) is 0 Å². The Kier molecular flexibility index (Phi) is 2.84. The predicted molar refractivity (Wildman–Crippen MR) is 80.5 cm³/mol. The zero-order chi connectivity index (χ0) is 14.1.